The van der Waals surface area contributed by atoms with Crippen LogP contribution in [0.1, 0.15) is 31.7 Å². The molecule has 136 valence electrons. The summed E-state index contributed by atoms with van der Waals surface area (Å²) in [7, 11) is -3.69. The van der Waals surface area contributed by atoms with E-state index < -0.39 is 21.9 Å². The number of rotatable bonds is 3. The van der Waals surface area contributed by atoms with Crippen molar-refractivity contribution >= 4 is 27.6 Å². The number of carboxylic acid groups (broad SMARTS) is 1. The van der Waals surface area contributed by atoms with Gasteiger partial charge in [0.25, 0.3) is 0 Å². The van der Waals surface area contributed by atoms with Crippen LogP contribution >= 0.6 is 0 Å². The van der Waals surface area contributed by atoms with Gasteiger partial charge in [0.05, 0.1) is 10.8 Å². The predicted molar refractivity (Wildman–Crippen MR) is 91.9 cm³/mol. The van der Waals surface area contributed by atoms with Gasteiger partial charge >= 0.3 is 5.97 Å². The van der Waals surface area contributed by atoms with Gasteiger partial charge in [-0.2, -0.15) is 4.31 Å². The standard InChI is InChI=1S/C17H22N2O5S/c1-12(20)19-8-2-3-13-4-5-15(11-16(13)19)25(23,24)18-9-6-14(7-10-18)17(21)22/h4-5,11,14H,2-3,6-10H2,1H3,(H,21,22). The lowest BCUT2D eigenvalue weighted by Crippen LogP contribution is -2.40. The molecule has 0 aliphatic carbocycles. The molecule has 2 aliphatic rings. The molecule has 8 heteroatoms. The quantitative estimate of drug-likeness (QED) is 0.874. The minimum atomic E-state index is -3.69. The number of piperidine rings is 1. The smallest absolute Gasteiger partial charge is 0.306 e. The van der Waals surface area contributed by atoms with Crippen LogP contribution in [-0.4, -0.2) is 49.3 Å². The highest BCUT2D eigenvalue weighted by Gasteiger charge is 2.33. The van der Waals surface area contributed by atoms with Crippen LogP contribution < -0.4 is 4.90 Å². The molecule has 0 spiro atoms. The number of anilines is 1. The molecule has 1 N–H and O–H groups in total. The Hall–Kier alpha value is -1.93. The summed E-state index contributed by atoms with van der Waals surface area (Å²) < 4.78 is 27.1. The number of nitrogens with zero attached hydrogens (tertiary/aromatic N) is 2. The number of carbonyl (C=O) groups excluding carboxylic acids is 1. The minimum Gasteiger partial charge on any atom is -0.481 e. The van der Waals surface area contributed by atoms with Crippen molar-refractivity contribution < 1.29 is 23.1 Å². The highest BCUT2D eigenvalue weighted by molar-refractivity contribution is 7.89. The van der Waals surface area contributed by atoms with Crippen molar-refractivity contribution in [3.05, 3.63) is 23.8 Å². The Morgan fingerprint density at radius 3 is 2.44 bits per heavy atom. The molecule has 1 aromatic carbocycles. The lowest BCUT2D eigenvalue weighted by Gasteiger charge is -2.31. The van der Waals surface area contributed by atoms with Crippen molar-refractivity contribution in [3.8, 4) is 0 Å². The molecule has 0 aromatic heterocycles. The summed E-state index contributed by atoms with van der Waals surface area (Å²) in [5.41, 5.74) is 1.64. The third-order valence-corrected chi connectivity index (χ3v) is 6.89. The summed E-state index contributed by atoms with van der Waals surface area (Å²) in [6.45, 7) is 2.47. The van der Waals surface area contributed by atoms with Crippen molar-refractivity contribution in [2.24, 2.45) is 5.92 Å². The Bertz CT molecular complexity index is 797. The largest absolute Gasteiger partial charge is 0.481 e. The summed E-state index contributed by atoms with van der Waals surface area (Å²) in [6, 6.07) is 4.94. The fourth-order valence-corrected chi connectivity index (χ4v) is 5.02. The molecule has 1 saturated heterocycles. The van der Waals surface area contributed by atoms with Gasteiger partial charge in [0.15, 0.2) is 0 Å². The average molecular weight is 366 g/mol. The second kappa shape index (κ2) is 6.76. The monoisotopic (exact) mass is 366 g/mol. The molecule has 1 aromatic rings. The van der Waals surface area contributed by atoms with Crippen LogP contribution in [0.25, 0.3) is 0 Å². The Morgan fingerprint density at radius 2 is 1.84 bits per heavy atom. The van der Waals surface area contributed by atoms with Gasteiger partial charge in [-0.05, 0) is 43.4 Å². The van der Waals surface area contributed by atoms with Gasteiger partial charge in [-0.1, -0.05) is 6.07 Å². The molecule has 25 heavy (non-hydrogen) atoms. The van der Waals surface area contributed by atoms with E-state index in [1.54, 1.807) is 23.1 Å². The van der Waals surface area contributed by atoms with Crippen LogP contribution in [0, 0.1) is 5.92 Å². The number of carboxylic acids is 1. The van der Waals surface area contributed by atoms with Gasteiger partial charge in [0.2, 0.25) is 15.9 Å². The Balaban J connectivity index is 1.87. The number of benzene rings is 1. The van der Waals surface area contributed by atoms with Crippen LogP contribution in [0.4, 0.5) is 5.69 Å². The van der Waals surface area contributed by atoms with Crippen LogP contribution in [0.2, 0.25) is 0 Å². The van der Waals surface area contributed by atoms with Crippen molar-refractivity contribution in [2.45, 2.75) is 37.5 Å². The van der Waals surface area contributed by atoms with E-state index in [1.165, 1.54) is 11.2 Å². The summed E-state index contributed by atoms with van der Waals surface area (Å²) in [6.07, 6.45) is 2.32. The fourth-order valence-electron chi connectivity index (χ4n) is 3.53. The SMILES string of the molecule is CC(=O)N1CCCc2ccc(S(=O)(=O)N3CCC(C(=O)O)CC3)cc21. The van der Waals surface area contributed by atoms with E-state index in [-0.39, 0.29) is 23.9 Å². The number of hydrogen-bond donors (Lipinski definition) is 1. The maximum atomic E-state index is 12.9. The van der Waals surface area contributed by atoms with E-state index in [2.05, 4.69) is 0 Å². The van der Waals surface area contributed by atoms with E-state index in [0.717, 1.165) is 18.4 Å². The highest BCUT2D eigenvalue weighted by atomic mass is 32.2. The lowest BCUT2D eigenvalue weighted by molar-refractivity contribution is -0.142. The summed E-state index contributed by atoms with van der Waals surface area (Å²) in [5.74, 6) is -1.45. The predicted octanol–water partition coefficient (Wildman–Crippen LogP) is 1.47. The molecule has 2 aliphatic heterocycles. The first kappa shape index (κ1) is 17.9. The molecular formula is C17H22N2O5S. The fraction of sp³-hybridized carbons (Fsp3) is 0.529. The highest BCUT2D eigenvalue weighted by Crippen LogP contribution is 2.32. The zero-order valence-electron chi connectivity index (χ0n) is 14.1. The van der Waals surface area contributed by atoms with Gasteiger partial charge in [0, 0.05) is 32.2 Å². The average Bonchev–Trinajstić information content (AvgIpc) is 2.60. The topological polar surface area (TPSA) is 95.0 Å². The van der Waals surface area contributed by atoms with Gasteiger partial charge in [-0.25, -0.2) is 8.42 Å². The number of hydrogen-bond acceptors (Lipinski definition) is 4. The van der Waals surface area contributed by atoms with Crippen LogP contribution in [-0.2, 0) is 26.0 Å². The van der Waals surface area contributed by atoms with Crippen LogP contribution in [0.5, 0.6) is 0 Å². The Kier molecular flexibility index (Phi) is 4.83. The van der Waals surface area contributed by atoms with Gasteiger partial charge in [-0.15, -0.1) is 0 Å². The molecule has 0 saturated carbocycles. The van der Waals surface area contributed by atoms with Gasteiger partial charge < -0.3 is 10.0 Å². The minimum absolute atomic E-state index is 0.0993. The second-order valence-corrected chi connectivity index (χ2v) is 8.52. The maximum absolute atomic E-state index is 12.9. The summed E-state index contributed by atoms with van der Waals surface area (Å²) in [5, 5.41) is 9.05. The van der Waals surface area contributed by atoms with E-state index >= 15 is 0 Å². The first-order chi connectivity index (χ1) is 11.8. The van der Waals surface area contributed by atoms with E-state index in [1.807, 2.05) is 0 Å². The molecule has 0 bridgehead atoms. The third-order valence-electron chi connectivity index (χ3n) is 5.00. The molecule has 0 unspecified atom stereocenters. The normalized spacial score (nSPS) is 19.5. The summed E-state index contributed by atoms with van der Waals surface area (Å²) in [4.78, 5) is 24.7. The number of fused-ring (bicyclic) bond motifs is 1. The van der Waals surface area contributed by atoms with Crippen molar-refractivity contribution in [2.75, 3.05) is 24.5 Å². The number of aliphatic carboxylic acids is 1. The maximum Gasteiger partial charge on any atom is 0.306 e. The number of sulfonamides is 1. The molecule has 0 atom stereocenters. The van der Waals surface area contributed by atoms with E-state index in [4.69, 9.17) is 5.11 Å². The molecule has 1 amide bonds. The summed E-state index contributed by atoms with van der Waals surface area (Å²) >= 11 is 0. The Labute approximate surface area is 147 Å². The molecule has 1 fully saturated rings. The van der Waals surface area contributed by atoms with E-state index in [0.29, 0.717) is 25.1 Å². The van der Waals surface area contributed by atoms with Crippen molar-refractivity contribution in [1.29, 1.82) is 0 Å². The third kappa shape index (κ3) is 3.41. The van der Waals surface area contributed by atoms with Gasteiger partial charge in [-0.3, -0.25) is 9.59 Å². The van der Waals surface area contributed by atoms with Crippen molar-refractivity contribution in [3.63, 3.8) is 0 Å². The zero-order chi connectivity index (χ0) is 18.2. The second-order valence-electron chi connectivity index (χ2n) is 6.58. The van der Waals surface area contributed by atoms with Crippen LogP contribution in [0.15, 0.2) is 23.1 Å². The number of carbonyl (C=O) groups is 2. The molecule has 2 heterocycles. The molecule has 3 rings (SSSR count). The number of aryl methyl sites for hydroxylation is 1. The lowest BCUT2D eigenvalue weighted by atomic mass is 9.99. The van der Waals surface area contributed by atoms with Gasteiger partial charge in [0.1, 0.15) is 0 Å². The molecule has 0 radical (unpaired) electrons. The zero-order valence-corrected chi connectivity index (χ0v) is 15.0. The first-order valence-corrected chi connectivity index (χ1v) is 9.88. The first-order valence-electron chi connectivity index (χ1n) is 8.44. The van der Waals surface area contributed by atoms with E-state index in [9.17, 15) is 18.0 Å². The van der Waals surface area contributed by atoms with Crippen LogP contribution in [0.3, 0.4) is 0 Å². The van der Waals surface area contributed by atoms with Crippen molar-refractivity contribution in [1.82, 2.24) is 4.31 Å². The molecular weight excluding hydrogens is 344 g/mol. The molecule has 7 nitrogen and oxygen atoms in total. The number of amides is 1. The Morgan fingerprint density at radius 1 is 1.16 bits per heavy atom.